The molecular weight excluding hydrogens is 186 g/mol. The molecule has 15 heavy (non-hydrogen) atoms. The van der Waals surface area contributed by atoms with Gasteiger partial charge in [0.15, 0.2) is 0 Å². The van der Waals surface area contributed by atoms with Gasteiger partial charge in [-0.05, 0) is 38.5 Å². The van der Waals surface area contributed by atoms with E-state index in [-0.39, 0.29) is 6.04 Å². The third-order valence-corrected chi connectivity index (χ3v) is 3.63. The standard InChI is InChI=1S/C13H27NO/c1-4-11-6-5-7-12(8-11)13(14)9-15-10(2)3/h10-13H,4-9,14H2,1-3H3. The van der Waals surface area contributed by atoms with Crippen molar-refractivity contribution in [3.05, 3.63) is 0 Å². The van der Waals surface area contributed by atoms with Crippen LogP contribution in [0.3, 0.4) is 0 Å². The molecule has 0 radical (unpaired) electrons. The van der Waals surface area contributed by atoms with Crippen molar-refractivity contribution >= 4 is 0 Å². The van der Waals surface area contributed by atoms with Crippen LogP contribution in [0.5, 0.6) is 0 Å². The molecule has 0 aromatic rings. The van der Waals surface area contributed by atoms with E-state index in [0.717, 1.165) is 12.5 Å². The Labute approximate surface area is 94.6 Å². The molecule has 0 heterocycles. The average Bonchev–Trinajstić information content (AvgIpc) is 2.26. The first-order valence-corrected chi connectivity index (χ1v) is 6.50. The minimum absolute atomic E-state index is 0.252. The van der Waals surface area contributed by atoms with Gasteiger partial charge in [0.25, 0.3) is 0 Å². The molecule has 90 valence electrons. The summed E-state index contributed by atoms with van der Waals surface area (Å²) < 4.78 is 5.60. The summed E-state index contributed by atoms with van der Waals surface area (Å²) in [5.74, 6) is 1.61. The maximum atomic E-state index is 6.19. The molecule has 2 nitrogen and oxygen atoms in total. The number of rotatable bonds is 5. The van der Waals surface area contributed by atoms with Gasteiger partial charge in [0.1, 0.15) is 0 Å². The van der Waals surface area contributed by atoms with Crippen LogP contribution in [0.1, 0.15) is 52.9 Å². The highest BCUT2D eigenvalue weighted by Gasteiger charge is 2.25. The van der Waals surface area contributed by atoms with Gasteiger partial charge < -0.3 is 10.5 Å². The lowest BCUT2D eigenvalue weighted by molar-refractivity contribution is 0.0488. The fourth-order valence-electron chi connectivity index (χ4n) is 2.53. The first kappa shape index (κ1) is 13.0. The summed E-state index contributed by atoms with van der Waals surface area (Å²) in [6.45, 7) is 7.17. The van der Waals surface area contributed by atoms with Gasteiger partial charge in [0, 0.05) is 6.04 Å². The number of hydrogen-bond acceptors (Lipinski definition) is 2. The lowest BCUT2D eigenvalue weighted by Crippen LogP contribution is -2.38. The molecule has 1 rings (SSSR count). The van der Waals surface area contributed by atoms with Crippen LogP contribution in [-0.2, 0) is 4.74 Å². The predicted molar refractivity (Wildman–Crippen MR) is 64.8 cm³/mol. The highest BCUT2D eigenvalue weighted by atomic mass is 16.5. The van der Waals surface area contributed by atoms with E-state index in [1.54, 1.807) is 0 Å². The summed E-state index contributed by atoms with van der Waals surface area (Å²) in [6, 6.07) is 0.252. The molecule has 0 aromatic heterocycles. The molecule has 0 aromatic carbocycles. The van der Waals surface area contributed by atoms with Crippen LogP contribution in [0.15, 0.2) is 0 Å². The van der Waals surface area contributed by atoms with Crippen LogP contribution in [-0.4, -0.2) is 18.8 Å². The molecule has 1 aliphatic carbocycles. The second kappa shape index (κ2) is 6.49. The van der Waals surface area contributed by atoms with Crippen LogP contribution in [0, 0.1) is 11.8 Å². The predicted octanol–water partition coefficient (Wildman–Crippen LogP) is 2.96. The van der Waals surface area contributed by atoms with Crippen LogP contribution in [0.4, 0.5) is 0 Å². The highest BCUT2D eigenvalue weighted by Crippen LogP contribution is 2.32. The number of ether oxygens (including phenoxy) is 1. The fourth-order valence-corrected chi connectivity index (χ4v) is 2.53. The van der Waals surface area contributed by atoms with Gasteiger partial charge in [0.05, 0.1) is 12.7 Å². The van der Waals surface area contributed by atoms with E-state index in [9.17, 15) is 0 Å². The quantitative estimate of drug-likeness (QED) is 0.762. The second-order valence-electron chi connectivity index (χ2n) is 5.25. The molecular formula is C13H27NO. The molecule has 3 atom stereocenters. The van der Waals surface area contributed by atoms with Crippen LogP contribution in [0.25, 0.3) is 0 Å². The van der Waals surface area contributed by atoms with Crippen molar-refractivity contribution in [2.24, 2.45) is 17.6 Å². The molecule has 1 fully saturated rings. The zero-order valence-electron chi connectivity index (χ0n) is 10.5. The Morgan fingerprint density at radius 2 is 2.07 bits per heavy atom. The van der Waals surface area contributed by atoms with Gasteiger partial charge in [-0.15, -0.1) is 0 Å². The summed E-state index contributed by atoms with van der Waals surface area (Å²) in [6.07, 6.45) is 7.01. The van der Waals surface area contributed by atoms with Crippen molar-refractivity contribution < 1.29 is 4.74 Å². The van der Waals surface area contributed by atoms with Gasteiger partial charge in [-0.25, -0.2) is 0 Å². The number of nitrogens with two attached hydrogens (primary N) is 1. The van der Waals surface area contributed by atoms with E-state index in [1.807, 2.05) is 0 Å². The average molecular weight is 213 g/mol. The van der Waals surface area contributed by atoms with Crippen LogP contribution >= 0.6 is 0 Å². The van der Waals surface area contributed by atoms with E-state index >= 15 is 0 Å². The zero-order valence-corrected chi connectivity index (χ0v) is 10.5. The Kier molecular flexibility index (Phi) is 5.62. The summed E-state index contributed by atoms with van der Waals surface area (Å²) in [5.41, 5.74) is 6.19. The summed E-state index contributed by atoms with van der Waals surface area (Å²) in [5, 5.41) is 0. The Balaban J connectivity index is 2.28. The van der Waals surface area contributed by atoms with Gasteiger partial charge in [0.2, 0.25) is 0 Å². The third kappa shape index (κ3) is 4.52. The topological polar surface area (TPSA) is 35.2 Å². The lowest BCUT2D eigenvalue weighted by atomic mass is 9.77. The summed E-state index contributed by atoms with van der Waals surface area (Å²) in [7, 11) is 0. The molecule has 1 saturated carbocycles. The minimum Gasteiger partial charge on any atom is -0.377 e. The van der Waals surface area contributed by atoms with E-state index < -0.39 is 0 Å². The Morgan fingerprint density at radius 3 is 2.67 bits per heavy atom. The highest BCUT2D eigenvalue weighted by molar-refractivity contribution is 4.80. The zero-order chi connectivity index (χ0) is 11.3. The van der Waals surface area contributed by atoms with Crippen LogP contribution < -0.4 is 5.73 Å². The normalized spacial score (nSPS) is 29.4. The molecule has 3 unspecified atom stereocenters. The minimum atomic E-state index is 0.252. The van der Waals surface area contributed by atoms with E-state index in [1.165, 1.54) is 32.1 Å². The molecule has 0 saturated heterocycles. The van der Waals surface area contributed by atoms with Crippen molar-refractivity contribution in [3.8, 4) is 0 Å². The van der Waals surface area contributed by atoms with E-state index in [4.69, 9.17) is 10.5 Å². The SMILES string of the molecule is CCC1CCCC(C(N)COC(C)C)C1. The smallest absolute Gasteiger partial charge is 0.0623 e. The fraction of sp³-hybridized carbons (Fsp3) is 1.00. The summed E-state index contributed by atoms with van der Waals surface area (Å²) in [4.78, 5) is 0. The van der Waals surface area contributed by atoms with Crippen molar-refractivity contribution in [1.82, 2.24) is 0 Å². The molecule has 1 aliphatic rings. The molecule has 2 N–H and O–H groups in total. The molecule has 0 aliphatic heterocycles. The molecule has 0 bridgehead atoms. The third-order valence-electron chi connectivity index (χ3n) is 3.63. The number of hydrogen-bond donors (Lipinski definition) is 1. The van der Waals surface area contributed by atoms with Gasteiger partial charge in [-0.3, -0.25) is 0 Å². The maximum Gasteiger partial charge on any atom is 0.0623 e. The first-order valence-electron chi connectivity index (χ1n) is 6.50. The van der Waals surface area contributed by atoms with Crippen molar-refractivity contribution in [1.29, 1.82) is 0 Å². The maximum absolute atomic E-state index is 6.19. The summed E-state index contributed by atoms with van der Waals surface area (Å²) >= 11 is 0. The van der Waals surface area contributed by atoms with Crippen molar-refractivity contribution in [2.75, 3.05) is 6.61 Å². The lowest BCUT2D eigenvalue weighted by Gasteiger charge is -2.32. The van der Waals surface area contributed by atoms with Crippen molar-refractivity contribution in [3.63, 3.8) is 0 Å². The Hall–Kier alpha value is -0.0800. The second-order valence-corrected chi connectivity index (χ2v) is 5.25. The largest absolute Gasteiger partial charge is 0.377 e. The van der Waals surface area contributed by atoms with Crippen LogP contribution in [0.2, 0.25) is 0 Å². The Bertz CT molecular complexity index is 170. The first-order chi connectivity index (χ1) is 7.13. The monoisotopic (exact) mass is 213 g/mol. The van der Waals surface area contributed by atoms with Crippen molar-refractivity contribution in [2.45, 2.75) is 65.0 Å². The molecule has 0 amide bonds. The molecule has 2 heteroatoms. The van der Waals surface area contributed by atoms with Gasteiger partial charge >= 0.3 is 0 Å². The van der Waals surface area contributed by atoms with Gasteiger partial charge in [-0.1, -0.05) is 26.2 Å². The van der Waals surface area contributed by atoms with E-state index in [0.29, 0.717) is 12.0 Å². The molecule has 0 spiro atoms. The van der Waals surface area contributed by atoms with Gasteiger partial charge in [-0.2, -0.15) is 0 Å². The Morgan fingerprint density at radius 1 is 1.33 bits per heavy atom. The van der Waals surface area contributed by atoms with E-state index in [2.05, 4.69) is 20.8 Å².